The van der Waals surface area contributed by atoms with Crippen LogP contribution in [0, 0.1) is 5.82 Å². The Hall–Kier alpha value is -3.28. The van der Waals surface area contributed by atoms with Crippen molar-refractivity contribution in [3.63, 3.8) is 0 Å². The number of carboxylic acids is 1. The molecule has 0 aliphatic carbocycles. The fourth-order valence-electron chi connectivity index (χ4n) is 2.49. The molecule has 1 heterocycles. The third-order valence-electron chi connectivity index (χ3n) is 3.74. The lowest BCUT2D eigenvalue weighted by Gasteiger charge is -2.09. The quantitative estimate of drug-likeness (QED) is 0.718. The number of carboxylic acid groups (broad SMARTS) is 1. The maximum absolute atomic E-state index is 13.7. The lowest BCUT2D eigenvalue weighted by Crippen LogP contribution is -2.09. The molecule has 2 N–H and O–H groups in total. The average molecular weight is 337 g/mol. The molecule has 0 amide bonds. The number of nitrogens with zero attached hydrogens (tertiary/aromatic N) is 2. The first-order chi connectivity index (χ1) is 12.1. The summed E-state index contributed by atoms with van der Waals surface area (Å²) in [6.45, 7) is 0.534. The van der Waals surface area contributed by atoms with Crippen LogP contribution in [-0.2, 0) is 6.42 Å². The van der Waals surface area contributed by atoms with Gasteiger partial charge in [-0.05, 0) is 30.2 Å². The van der Waals surface area contributed by atoms with E-state index in [0.717, 1.165) is 5.56 Å². The molecule has 0 fully saturated rings. The highest BCUT2D eigenvalue weighted by Crippen LogP contribution is 2.19. The van der Waals surface area contributed by atoms with Crippen molar-refractivity contribution in [2.24, 2.45) is 0 Å². The molecule has 3 aromatic rings. The molecule has 0 atom stereocenters. The molecule has 0 aliphatic heterocycles. The van der Waals surface area contributed by atoms with E-state index in [2.05, 4.69) is 15.3 Å². The SMILES string of the molecule is O=C(O)c1ccccc1CCNc1cnc(-c2ccccc2F)nc1. The molecule has 5 nitrogen and oxygen atoms in total. The Morgan fingerprint density at radius 3 is 2.44 bits per heavy atom. The van der Waals surface area contributed by atoms with E-state index in [9.17, 15) is 14.3 Å². The van der Waals surface area contributed by atoms with Crippen molar-refractivity contribution < 1.29 is 14.3 Å². The van der Waals surface area contributed by atoms with Gasteiger partial charge in [-0.3, -0.25) is 0 Å². The van der Waals surface area contributed by atoms with Crippen LogP contribution in [0.2, 0.25) is 0 Å². The summed E-state index contributed by atoms with van der Waals surface area (Å²) in [7, 11) is 0. The van der Waals surface area contributed by atoms with Crippen LogP contribution in [-0.4, -0.2) is 27.6 Å². The summed E-state index contributed by atoms with van der Waals surface area (Å²) < 4.78 is 13.7. The van der Waals surface area contributed by atoms with E-state index >= 15 is 0 Å². The minimum absolute atomic E-state index is 0.301. The number of aromatic nitrogens is 2. The predicted octanol–water partition coefficient (Wildman–Crippen LogP) is 3.64. The Morgan fingerprint density at radius 2 is 1.72 bits per heavy atom. The number of benzene rings is 2. The Labute approximate surface area is 144 Å². The second-order valence-corrected chi connectivity index (χ2v) is 5.41. The van der Waals surface area contributed by atoms with Gasteiger partial charge in [-0.1, -0.05) is 30.3 Å². The second kappa shape index (κ2) is 7.53. The highest BCUT2D eigenvalue weighted by molar-refractivity contribution is 5.89. The smallest absolute Gasteiger partial charge is 0.335 e. The highest BCUT2D eigenvalue weighted by Gasteiger charge is 2.09. The van der Waals surface area contributed by atoms with Gasteiger partial charge in [-0.2, -0.15) is 0 Å². The van der Waals surface area contributed by atoms with Crippen molar-refractivity contribution in [1.29, 1.82) is 0 Å². The predicted molar refractivity (Wildman–Crippen MR) is 93.0 cm³/mol. The van der Waals surface area contributed by atoms with Crippen LogP contribution >= 0.6 is 0 Å². The first-order valence-corrected chi connectivity index (χ1v) is 7.77. The molecule has 3 rings (SSSR count). The van der Waals surface area contributed by atoms with E-state index < -0.39 is 5.97 Å². The number of halogens is 1. The number of hydrogen-bond donors (Lipinski definition) is 2. The van der Waals surface area contributed by atoms with Gasteiger partial charge in [-0.15, -0.1) is 0 Å². The van der Waals surface area contributed by atoms with Crippen LogP contribution in [0.5, 0.6) is 0 Å². The summed E-state index contributed by atoms with van der Waals surface area (Å²) in [6.07, 6.45) is 3.72. The van der Waals surface area contributed by atoms with Gasteiger partial charge in [0.2, 0.25) is 0 Å². The summed E-state index contributed by atoms with van der Waals surface area (Å²) in [5.74, 6) is -0.985. The van der Waals surface area contributed by atoms with E-state index in [1.54, 1.807) is 48.8 Å². The number of hydrogen-bond acceptors (Lipinski definition) is 4. The fourth-order valence-corrected chi connectivity index (χ4v) is 2.49. The number of rotatable bonds is 6. The van der Waals surface area contributed by atoms with Crippen molar-refractivity contribution in [3.05, 3.63) is 77.9 Å². The van der Waals surface area contributed by atoms with Crippen molar-refractivity contribution in [2.75, 3.05) is 11.9 Å². The first kappa shape index (κ1) is 16.6. The summed E-state index contributed by atoms with van der Waals surface area (Å²) >= 11 is 0. The lowest BCUT2D eigenvalue weighted by atomic mass is 10.0. The Balaban J connectivity index is 1.63. The largest absolute Gasteiger partial charge is 0.478 e. The zero-order valence-corrected chi connectivity index (χ0v) is 13.3. The summed E-state index contributed by atoms with van der Waals surface area (Å²) in [5.41, 5.74) is 2.10. The maximum atomic E-state index is 13.7. The molecule has 1 aromatic heterocycles. The lowest BCUT2D eigenvalue weighted by molar-refractivity contribution is 0.0695. The molecule has 25 heavy (non-hydrogen) atoms. The molecule has 126 valence electrons. The molecule has 0 radical (unpaired) electrons. The Morgan fingerprint density at radius 1 is 1.04 bits per heavy atom. The zero-order chi connectivity index (χ0) is 17.6. The molecule has 0 unspecified atom stereocenters. The Bertz CT molecular complexity index is 882. The number of anilines is 1. The number of carbonyl (C=O) groups is 1. The van der Waals surface area contributed by atoms with Gasteiger partial charge in [0.15, 0.2) is 5.82 Å². The van der Waals surface area contributed by atoms with Crippen LogP contribution in [0.15, 0.2) is 60.9 Å². The highest BCUT2D eigenvalue weighted by atomic mass is 19.1. The van der Waals surface area contributed by atoms with Gasteiger partial charge in [-0.25, -0.2) is 19.2 Å². The molecule has 0 bridgehead atoms. The molecular formula is C19H16FN3O2. The standard InChI is InChI=1S/C19H16FN3O2/c20-17-8-4-3-7-16(17)18-22-11-14(12-23-18)21-10-9-13-5-1-2-6-15(13)19(24)25/h1-8,11-12,21H,9-10H2,(H,24,25). The van der Waals surface area contributed by atoms with Gasteiger partial charge in [0, 0.05) is 6.54 Å². The minimum atomic E-state index is -0.937. The summed E-state index contributed by atoms with van der Waals surface area (Å²) in [4.78, 5) is 19.5. The number of nitrogens with one attached hydrogen (secondary N) is 1. The monoisotopic (exact) mass is 337 g/mol. The van der Waals surface area contributed by atoms with E-state index in [-0.39, 0.29) is 5.82 Å². The van der Waals surface area contributed by atoms with E-state index in [1.165, 1.54) is 6.07 Å². The molecular weight excluding hydrogens is 321 g/mol. The van der Waals surface area contributed by atoms with Gasteiger partial charge in [0.25, 0.3) is 0 Å². The van der Waals surface area contributed by atoms with Gasteiger partial charge < -0.3 is 10.4 Å². The van der Waals surface area contributed by atoms with Crippen molar-refractivity contribution in [1.82, 2.24) is 9.97 Å². The van der Waals surface area contributed by atoms with Crippen molar-refractivity contribution in [2.45, 2.75) is 6.42 Å². The molecule has 0 saturated carbocycles. The third kappa shape index (κ3) is 3.98. The van der Waals surface area contributed by atoms with Crippen molar-refractivity contribution >= 4 is 11.7 Å². The molecule has 0 spiro atoms. The van der Waals surface area contributed by atoms with E-state index in [0.29, 0.717) is 35.6 Å². The molecule has 0 saturated heterocycles. The van der Waals surface area contributed by atoms with Gasteiger partial charge in [0.05, 0.1) is 29.2 Å². The average Bonchev–Trinajstić information content (AvgIpc) is 2.63. The third-order valence-corrected chi connectivity index (χ3v) is 3.74. The van der Waals surface area contributed by atoms with Crippen LogP contribution in [0.1, 0.15) is 15.9 Å². The Kier molecular flexibility index (Phi) is 4.99. The first-order valence-electron chi connectivity index (χ1n) is 7.77. The van der Waals surface area contributed by atoms with Crippen LogP contribution < -0.4 is 5.32 Å². The zero-order valence-electron chi connectivity index (χ0n) is 13.3. The van der Waals surface area contributed by atoms with Crippen LogP contribution in [0.4, 0.5) is 10.1 Å². The fraction of sp³-hybridized carbons (Fsp3) is 0.105. The maximum Gasteiger partial charge on any atom is 0.335 e. The minimum Gasteiger partial charge on any atom is -0.478 e. The molecule has 6 heteroatoms. The van der Waals surface area contributed by atoms with Crippen molar-refractivity contribution in [3.8, 4) is 11.4 Å². The van der Waals surface area contributed by atoms with Crippen LogP contribution in [0.3, 0.4) is 0 Å². The van der Waals surface area contributed by atoms with Gasteiger partial charge >= 0.3 is 5.97 Å². The van der Waals surface area contributed by atoms with Crippen LogP contribution in [0.25, 0.3) is 11.4 Å². The van der Waals surface area contributed by atoms with E-state index in [4.69, 9.17) is 0 Å². The van der Waals surface area contributed by atoms with Gasteiger partial charge in [0.1, 0.15) is 5.82 Å². The summed E-state index contributed by atoms with van der Waals surface area (Å²) in [5, 5.41) is 12.3. The normalized spacial score (nSPS) is 10.4. The number of aromatic carboxylic acids is 1. The molecule has 0 aliphatic rings. The summed E-state index contributed by atoms with van der Waals surface area (Å²) in [6, 6.07) is 13.2. The topological polar surface area (TPSA) is 75.1 Å². The molecule has 2 aromatic carbocycles. The second-order valence-electron chi connectivity index (χ2n) is 5.41. The van der Waals surface area contributed by atoms with E-state index in [1.807, 2.05) is 6.07 Å².